The van der Waals surface area contributed by atoms with E-state index in [4.69, 9.17) is 0 Å². The maximum absolute atomic E-state index is 11.9. The molecule has 0 aromatic rings. The molecule has 0 aliphatic heterocycles. The smallest absolute Gasteiger partial charge is 0.214 e. The fourth-order valence-electron chi connectivity index (χ4n) is 2.10. The molecule has 1 saturated carbocycles. The van der Waals surface area contributed by atoms with E-state index in [9.17, 15) is 8.42 Å². The Morgan fingerprint density at radius 3 is 2.38 bits per heavy atom. The molecule has 5 heteroatoms. The predicted molar refractivity (Wildman–Crippen MR) is 71.4 cm³/mol. The van der Waals surface area contributed by atoms with Crippen molar-refractivity contribution in [3.8, 4) is 0 Å². The molecule has 0 spiro atoms. The van der Waals surface area contributed by atoms with Crippen molar-refractivity contribution in [1.82, 2.24) is 4.72 Å². The number of sulfonamides is 1. The normalized spacial score (nSPS) is 18.8. The zero-order valence-corrected chi connectivity index (χ0v) is 12.2. The van der Waals surface area contributed by atoms with Gasteiger partial charge in [-0.25, -0.2) is 13.1 Å². The van der Waals surface area contributed by atoms with Gasteiger partial charge in [-0.3, -0.25) is 0 Å². The van der Waals surface area contributed by atoms with Crippen molar-refractivity contribution in [3.63, 3.8) is 0 Å². The van der Waals surface area contributed by atoms with Crippen LogP contribution in [0.15, 0.2) is 0 Å². The minimum atomic E-state index is -3.03. The zero-order chi connectivity index (χ0) is 11.9. The number of hydrogen-bond donors (Lipinski definition) is 1. The standard InChI is InChI=1S/C11H22BrNO2S/c12-9-5-2-6-10-13-16(14,15)11-7-3-1-4-8-11/h11,13H,1-10H2. The van der Waals surface area contributed by atoms with Crippen LogP contribution in [0.1, 0.15) is 51.4 Å². The lowest BCUT2D eigenvalue weighted by atomic mass is 10.0. The number of nitrogens with one attached hydrogen (secondary N) is 1. The second kappa shape index (κ2) is 7.67. The highest BCUT2D eigenvalue weighted by Gasteiger charge is 2.26. The zero-order valence-electron chi connectivity index (χ0n) is 9.75. The summed E-state index contributed by atoms with van der Waals surface area (Å²) >= 11 is 3.36. The van der Waals surface area contributed by atoms with Crippen LogP contribution in [0.5, 0.6) is 0 Å². The largest absolute Gasteiger partial charge is 0.215 e. The van der Waals surface area contributed by atoms with Gasteiger partial charge in [-0.15, -0.1) is 0 Å². The maximum Gasteiger partial charge on any atom is 0.214 e. The fraction of sp³-hybridized carbons (Fsp3) is 1.00. The third kappa shape index (κ3) is 5.15. The van der Waals surface area contributed by atoms with E-state index in [0.717, 1.165) is 50.3 Å². The Labute approximate surface area is 108 Å². The summed E-state index contributed by atoms with van der Waals surface area (Å²) in [5.41, 5.74) is 0. The minimum absolute atomic E-state index is 0.127. The van der Waals surface area contributed by atoms with Crippen molar-refractivity contribution in [3.05, 3.63) is 0 Å². The van der Waals surface area contributed by atoms with Crippen LogP contribution in [0.4, 0.5) is 0 Å². The molecular formula is C11H22BrNO2S. The molecule has 1 aliphatic carbocycles. The minimum Gasteiger partial charge on any atom is -0.215 e. The Kier molecular flexibility index (Phi) is 6.92. The number of hydrogen-bond acceptors (Lipinski definition) is 2. The molecule has 0 amide bonds. The molecule has 0 heterocycles. The Balaban J connectivity index is 2.22. The fourth-order valence-corrected chi connectivity index (χ4v) is 4.12. The lowest BCUT2D eigenvalue weighted by Crippen LogP contribution is -2.36. The molecule has 0 radical (unpaired) electrons. The van der Waals surface area contributed by atoms with Crippen molar-refractivity contribution in [2.24, 2.45) is 0 Å². The van der Waals surface area contributed by atoms with Gasteiger partial charge in [0.2, 0.25) is 10.0 Å². The number of alkyl halides is 1. The van der Waals surface area contributed by atoms with Crippen molar-refractivity contribution in [2.75, 3.05) is 11.9 Å². The lowest BCUT2D eigenvalue weighted by molar-refractivity contribution is 0.476. The van der Waals surface area contributed by atoms with E-state index in [1.54, 1.807) is 0 Å². The quantitative estimate of drug-likeness (QED) is 0.580. The Bertz CT molecular complexity index is 274. The van der Waals surface area contributed by atoms with E-state index in [0.29, 0.717) is 6.54 Å². The van der Waals surface area contributed by atoms with Gasteiger partial charge >= 0.3 is 0 Å². The molecule has 1 aliphatic rings. The van der Waals surface area contributed by atoms with Gasteiger partial charge in [0.15, 0.2) is 0 Å². The Morgan fingerprint density at radius 2 is 1.75 bits per heavy atom. The van der Waals surface area contributed by atoms with Crippen molar-refractivity contribution >= 4 is 26.0 Å². The first-order valence-electron chi connectivity index (χ1n) is 6.21. The summed E-state index contributed by atoms with van der Waals surface area (Å²) in [6.45, 7) is 0.603. The molecule has 0 aromatic heterocycles. The molecular weight excluding hydrogens is 290 g/mol. The van der Waals surface area contributed by atoms with Gasteiger partial charge < -0.3 is 0 Å². The van der Waals surface area contributed by atoms with E-state index in [-0.39, 0.29) is 5.25 Å². The first-order valence-corrected chi connectivity index (χ1v) is 8.88. The van der Waals surface area contributed by atoms with Crippen LogP contribution >= 0.6 is 15.9 Å². The molecule has 0 unspecified atom stereocenters. The summed E-state index contributed by atoms with van der Waals surface area (Å²) in [4.78, 5) is 0. The summed E-state index contributed by atoms with van der Waals surface area (Å²) in [5.74, 6) is 0. The average Bonchev–Trinajstić information content (AvgIpc) is 2.30. The predicted octanol–water partition coefficient (Wildman–Crippen LogP) is 2.80. The van der Waals surface area contributed by atoms with Gasteiger partial charge in [0.1, 0.15) is 0 Å². The van der Waals surface area contributed by atoms with Crippen molar-refractivity contribution < 1.29 is 8.42 Å². The molecule has 0 atom stereocenters. The third-order valence-electron chi connectivity index (χ3n) is 3.10. The highest BCUT2D eigenvalue weighted by Crippen LogP contribution is 2.22. The molecule has 1 N–H and O–H groups in total. The summed E-state index contributed by atoms with van der Waals surface area (Å²) in [6.07, 6.45) is 8.15. The van der Waals surface area contributed by atoms with Gasteiger partial charge in [-0.1, -0.05) is 41.6 Å². The van der Waals surface area contributed by atoms with Crippen molar-refractivity contribution in [2.45, 2.75) is 56.6 Å². The molecule has 0 saturated heterocycles. The summed E-state index contributed by atoms with van der Waals surface area (Å²) in [5, 5.41) is 0.875. The highest BCUT2D eigenvalue weighted by molar-refractivity contribution is 9.09. The molecule has 1 rings (SSSR count). The van der Waals surface area contributed by atoms with Crippen LogP contribution in [0.3, 0.4) is 0 Å². The lowest BCUT2D eigenvalue weighted by Gasteiger charge is -2.21. The SMILES string of the molecule is O=S(=O)(NCCCCCBr)C1CCCCC1. The van der Waals surface area contributed by atoms with E-state index >= 15 is 0 Å². The second-order valence-corrected chi connectivity index (χ2v) is 7.29. The van der Waals surface area contributed by atoms with Gasteiger partial charge in [0, 0.05) is 11.9 Å². The topological polar surface area (TPSA) is 46.2 Å². The number of rotatable bonds is 7. The van der Waals surface area contributed by atoms with E-state index in [2.05, 4.69) is 20.7 Å². The van der Waals surface area contributed by atoms with Crippen LogP contribution in [0, 0.1) is 0 Å². The summed E-state index contributed by atoms with van der Waals surface area (Å²) < 4.78 is 26.5. The van der Waals surface area contributed by atoms with E-state index in [1.165, 1.54) is 6.42 Å². The average molecular weight is 312 g/mol. The third-order valence-corrected chi connectivity index (χ3v) is 5.62. The molecule has 0 bridgehead atoms. The molecule has 96 valence electrons. The van der Waals surface area contributed by atoms with Crippen LogP contribution in [-0.2, 0) is 10.0 Å². The summed E-state index contributed by atoms with van der Waals surface area (Å²) in [7, 11) is -3.03. The van der Waals surface area contributed by atoms with Gasteiger partial charge in [-0.05, 0) is 25.7 Å². The van der Waals surface area contributed by atoms with Crippen LogP contribution in [0.2, 0.25) is 0 Å². The van der Waals surface area contributed by atoms with Crippen LogP contribution < -0.4 is 4.72 Å². The van der Waals surface area contributed by atoms with Gasteiger partial charge in [-0.2, -0.15) is 0 Å². The molecule has 0 aromatic carbocycles. The van der Waals surface area contributed by atoms with Crippen LogP contribution in [0.25, 0.3) is 0 Å². The summed E-state index contributed by atoms with van der Waals surface area (Å²) in [6, 6.07) is 0. The molecule has 1 fully saturated rings. The van der Waals surface area contributed by atoms with Gasteiger partial charge in [0.05, 0.1) is 5.25 Å². The molecule has 16 heavy (non-hydrogen) atoms. The Morgan fingerprint density at radius 1 is 1.06 bits per heavy atom. The number of unbranched alkanes of at least 4 members (excludes halogenated alkanes) is 2. The molecule has 3 nitrogen and oxygen atoms in total. The maximum atomic E-state index is 11.9. The van der Waals surface area contributed by atoms with Crippen LogP contribution in [-0.4, -0.2) is 25.5 Å². The first kappa shape index (κ1) is 14.5. The van der Waals surface area contributed by atoms with E-state index in [1.807, 2.05) is 0 Å². The first-order chi connectivity index (χ1) is 7.67. The number of halogens is 1. The van der Waals surface area contributed by atoms with Gasteiger partial charge in [0.25, 0.3) is 0 Å². The second-order valence-electron chi connectivity index (χ2n) is 4.45. The van der Waals surface area contributed by atoms with E-state index < -0.39 is 10.0 Å². The monoisotopic (exact) mass is 311 g/mol. The highest BCUT2D eigenvalue weighted by atomic mass is 79.9. The van der Waals surface area contributed by atoms with Crippen molar-refractivity contribution in [1.29, 1.82) is 0 Å². The Hall–Kier alpha value is 0.390.